The van der Waals surface area contributed by atoms with E-state index in [0.29, 0.717) is 6.54 Å². The van der Waals surface area contributed by atoms with Gasteiger partial charge in [-0.1, -0.05) is 54.6 Å². The number of carbonyl (C=O) groups is 1. The van der Waals surface area contributed by atoms with Gasteiger partial charge in [0.25, 0.3) is 0 Å². The second-order valence-electron chi connectivity index (χ2n) is 7.59. The van der Waals surface area contributed by atoms with E-state index in [4.69, 9.17) is 0 Å². The summed E-state index contributed by atoms with van der Waals surface area (Å²) in [6.45, 7) is 4.56. The largest absolute Gasteiger partial charge is 0.371 e. The molecule has 1 heterocycles. The molecule has 3 aromatic carbocycles. The summed E-state index contributed by atoms with van der Waals surface area (Å²) in [6.07, 6.45) is 0.920. The molecule has 3 heteroatoms. The van der Waals surface area contributed by atoms with E-state index in [2.05, 4.69) is 60.4 Å². The first kappa shape index (κ1) is 17.6. The second kappa shape index (κ2) is 7.43. The third kappa shape index (κ3) is 3.68. The number of rotatable bonds is 4. The fraction of sp³-hybridized carbons (Fsp3) is 0.292. The van der Waals surface area contributed by atoms with Gasteiger partial charge in [0, 0.05) is 32.4 Å². The van der Waals surface area contributed by atoms with Crippen molar-refractivity contribution in [2.75, 3.05) is 25.0 Å². The minimum atomic E-state index is 0.0753. The topological polar surface area (TPSA) is 23.6 Å². The maximum atomic E-state index is 12.9. The van der Waals surface area contributed by atoms with Crippen molar-refractivity contribution < 1.29 is 4.79 Å². The van der Waals surface area contributed by atoms with E-state index < -0.39 is 0 Å². The molecule has 1 amide bonds. The van der Waals surface area contributed by atoms with E-state index in [1.807, 2.05) is 30.1 Å². The number of fused-ring (bicyclic) bond motifs is 1. The van der Waals surface area contributed by atoms with E-state index in [0.717, 1.165) is 19.5 Å². The van der Waals surface area contributed by atoms with Crippen molar-refractivity contribution in [2.45, 2.75) is 19.9 Å². The quantitative estimate of drug-likeness (QED) is 0.679. The van der Waals surface area contributed by atoms with Crippen LogP contribution in [0.25, 0.3) is 10.8 Å². The summed E-state index contributed by atoms with van der Waals surface area (Å²) in [7, 11) is 1.91. The van der Waals surface area contributed by atoms with Crippen LogP contribution in [0.4, 0.5) is 5.69 Å². The molecule has 27 heavy (non-hydrogen) atoms. The van der Waals surface area contributed by atoms with Crippen LogP contribution in [0.1, 0.15) is 17.5 Å². The molecule has 0 saturated carbocycles. The lowest BCUT2D eigenvalue weighted by molar-refractivity contribution is -0.134. The van der Waals surface area contributed by atoms with Gasteiger partial charge in [-0.05, 0) is 47.4 Å². The zero-order valence-corrected chi connectivity index (χ0v) is 16.1. The summed E-state index contributed by atoms with van der Waals surface area (Å²) in [4.78, 5) is 17.1. The molecule has 0 aliphatic carbocycles. The average Bonchev–Trinajstić information content (AvgIpc) is 3.18. The lowest BCUT2D eigenvalue weighted by Gasteiger charge is -2.23. The standard InChI is InChI=1S/C24H26N2O/c1-18-7-6-10-20-11-12-22(15-23(18)20)26-14-13-21(17-26)24(27)25(2)16-19-8-4-3-5-9-19/h3-12,15,21H,13-14,16-17H2,1-2H3. The Labute approximate surface area is 161 Å². The van der Waals surface area contributed by atoms with Gasteiger partial charge in [0.15, 0.2) is 0 Å². The van der Waals surface area contributed by atoms with Crippen LogP contribution in [0.5, 0.6) is 0 Å². The third-order valence-electron chi connectivity index (χ3n) is 5.63. The van der Waals surface area contributed by atoms with Gasteiger partial charge in [-0.2, -0.15) is 0 Å². The Bertz CT molecular complexity index is 951. The zero-order valence-electron chi connectivity index (χ0n) is 16.1. The van der Waals surface area contributed by atoms with Crippen LogP contribution >= 0.6 is 0 Å². The number of carbonyl (C=O) groups excluding carboxylic acids is 1. The molecule has 1 unspecified atom stereocenters. The summed E-state index contributed by atoms with van der Waals surface area (Å²) < 4.78 is 0. The highest BCUT2D eigenvalue weighted by Crippen LogP contribution is 2.29. The molecule has 1 aliphatic heterocycles. The Balaban J connectivity index is 1.45. The van der Waals surface area contributed by atoms with Crippen molar-refractivity contribution in [3.63, 3.8) is 0 Å². The van der Waals surface area contributed by atoms with E-state index >= 15 is 0 Å². The molecular formula is C24H26N2O. The number of hydrogen-bond donors (Lipinski definition) is 0. The highest BCUT2D eigenvalue weighted by atomic mass is 16.2. The number of hydrogen-bond acceptors (Lipinski definition) is 2. The van der Waals surface area contributed by atoms with Crippen LogP contribution in [0.2, 0.25) is 0 Å². The fourth-order valence-corrected chi connectivity index (χ4v) is 4.06. The van der Waals surface area contributed by atoms with Crippen LogP contribution in [0, 0.1) is 12.8 Å². The van der Waals surface area contributed by atoms with Crippen molar-refractivity contribution in [3.05, 3.63) is 77.9 Å². The van der Waals surface area contributed by atoms with Crippen molar-refractivity contribution in [3.8, 4) is 0 Å². The SMILES string of the molecule is Cc1cccc2ccc(N3CCC(C(=O)N(C)Cc4ccccc4)C3)cc12. The molecule has 0 aromatic heterocycles. The number of benzene rings is 3. The average molecular weight is 358 g/mol. The van der Waals surface area contributed by atoms with Gasteiger partial charge < -0.3 is 9.80 Å². The van der Waals surface area contributed by atoms with Crippen molar-refractivity contribution in [1.82, 2.24) is 4.90 Å². The predicted molar refractivity (Wildman–Crippen MR) is 112 cm³/mol. The van der Waals surface area contributed by atoms with Crippen LogP contribution in [-0.4, -0.2) is 30.9 Å². The van der Waals surface area contributed by atoms with Gasteiger partial charge in [0.2, 0.25) is 5.91 Å². The monoisotopic (exact) mass is 358 g/mol. The normalized spacial score (nSPS) is 16.7. The summed E-state index contributed by atoms with van der Waals surface area (Å²) in [6, 6.07) is 23.2. The van der Waals surface area contributed by atoms with Crippen LogP contribution in [0.15, 0.2) is 66.7 Å². The minimum absolute atomic E-state index is 0.0753. The highest BCUT2D eigenvalue weighted by molar-refractivity contribution is 5.89. The highest BCUT2D eigenvalue weighted by Gasteiger charge is 2.30. The summed E-state index contributed by atoms with van der Waals surface area (Å²) in [5.74, 6) is 0.324. The van der Waals surface area contributed by atoms with Gasteiger partial charge in [0.05, 0.1) is 5.92 Å². The molecule has 1 aliphatic rings. The molecule has 3 nitrogen and oxygen atoms in total. The number of amides is 1. The first-order valence-corrected chi connectivity index (χ1v) is 9.65. The van der Waals surface area contributed by atoms with Crippen LogP contribution < -0.4 is 4.90 Å². The van der Waals surface area contributed by atoms with E-state index in [9.17, 15) is 4.79 Å². The van der Waals surface area contributed by atoms with Crippen molar-refractivity contribution in [2.24, 2.45) is 5.92 Å². The second-order valence-corrected chi connectivity index (χ2v) is 7.59. The van der Waals surface area contributed by atoms with Crippen molar-refractivity contribution >= 4 is 22.4 Å². The Kier molecular flexibility index (Phi) is 4.85. The molecule has 4 rings (SSSR count). The van der Waals surface area contributed by atoms with Gasteiger partial charge >= 0.3 is 0 Å². The summed E-state index contributed by atoms with van der Waals surface area (Å²) in [5, 5.41) is 2.57. The molecule has 1 atom stereocenters. The van der Waals surface area contributed by atoms with E-state index in [1.165, 1.54) is 27.6 Å². The molecule has 0 radical (unpaired) electrons. The van der Waals surface area contributed by atoms with Gasteiger partial charge in [-0.15, -0.1) is 0 Å². The first-order chi connectivity index (χ1) is 13.1. The molecule has 1 saturated heterocycles. The Hall–Kier alpha value is -2.81. The fourth-order valence-electron chi connectivity index (χ4n) is 4.06. The molecule has 0 spiro atoms. The predicted octanol–water partition coefficient (Wildman–Crippen LogP) is 4.63. The molecule has 3 aromatic rings. The Morgan fingerprint density at radius 3 is 2.70 bits per heavy atom. The number of nitrogens with zero attached hydrogens (tertiary/aromatic N) is 2. The molecule has 138 valence electrons. The van der Waals surface area contributed by atoms with Gasteiger partial charge in [-0.25, -0.2) is 0 Å². The van der Waals surface area contributed by atoms with Crippen LogP contribution in [0.3, 0.4) is 0 Å². The minimum Gasteiger partial charge on any atom is -0.371 e. The Morgan fingerprint density at radius 2 is 1.89 bits per heavy atom. The molecule has 0 bridgehead atoms. The smallest absolute Gasteiger partial charge is 0.227 e. The van der Waals surface area contributed by atoms with Crippen LogP contribution in [-0.2, 0) is 11.3 Å². The van der Waals surface area contributed by atoms with Gasteiger partial charge in [-0.3, -0.25) is 4.79 Å². The van der Waals surface area contributed by atoms with E-state index in [-0.39, 0.29) is 11.8 Å². The molecule has 1 fully saturated rings. The summed E-state index contributed by atoms with van der Waals surface area (Å²) in [5.41, 5.74) is 3.69. The maximum Gasteiger partial charge on any atom is 0.227 e. The first-order valence-electron chi connectivity index (χ1n) is 9.65. The lowest BCUT2D eigenvalue weighted by Crippen LogP contribution is -2.34. The molecule has 0 N–H and O–H groups in total. The third-order valence-corrected chi connectivity index (χ3v) is 5.63. The number of anilines is 1. The number of aryl methyl sites for hydroxylation is 1. The lowest BCUT2D eigenvalue weighted by atomic mass is 10.0. The summed E-state index contributed by atoms with van der Waals surface area (Å²) >= 11 is 0. The van der Waals surface area contributed by atoms with E-state index in [1.54, 1.807) is 0 Å². The Morgan fingerprint density at radius 1 is 1.07 bits per heavy atom. The molecular weight excluding hydrogens is 332 g/mol. The van der Waals surface area contributed by atoms with Gasteiger partial charge in [0.1, 0.15) is 0 Å². The zero-order chi connectivity index (χ0) is 18.8. The maximum absolute atomic E-state index is 12.9. The van der Waals surface area contributed by atoms with Crippen molar-refractivity contribution in [1.29, 1.82) is 0 Å².